The highest BCUT2D eigenvalue weighted by atomic mass is 19.1. The summed E-state index contributed by atoms with van der Waals surface area (Å²) < 4.78 is 18.7. The molecule has 0 saturated heterocycles. The van der Waals surface area contributed by atoms with Crippen LogP contribution in [-0.2, 0) is 11.3 Å². The van der Waals surface area contributed by atoms with Crippen LogP contribution in [0.15, 0.2) is 42.5 Å². The standard InChI is InChI=1S/C19H20FN3O2/c1-13(19(24)22-17-7-5-4-6-15(17)11-21)23(2)12-14-8-9-18(25-3)16(20)10-14/h4-10,13H,12H2,1-3H3,(H,22,24)/t13-/m0/s1. The SMILES string of the molecule is COc1ccc(CN(C)[C@@H](C)C(=O)Nc2ccccc2C#N)cc1F. The molecule has 0 spiro atoms. The molecule has 130 valence electrons. The second kappa shape index (κ2) is 8.27. The van der Waals surface area contributed by atoms with Crippen molar-refractivity contribution in [2.75, 3.05) is 19.5 Å². The van der Waals surface area contributed by atoms with Crippen molar-refractivity contribution in [2.24, 2.45) is 0 Å². The lowest BCUT2D eigenvalue weighted by atomic mass is 10.1. The van der Waals surface area contributed by atoms with Gasteiger partial charge in [-0.25, -0.2) is 4.39 Å². The molecule has 5 nitrogen and oxygen atoms in total. The van der Waals surface area contributed by atoms with Crippen molar-refractivity contribution in [3.63, 3.8) is 0 Å². The van der Waals surface area contributed by atoms with Gasteiger partial charge in [0.25, 0.3) is 0 Å². The van der Waals surface area contributed by atoms with Crippen LogP contribution in [0.1, 0.15) is 18.1 Å². The summed E-state index contributed by atoms with van der Waals surface area (Å²) in [5, 5.41) is 11.8. The zero-order valence-electron chi connectivity index (χ0n) is 14.4. The van der Waals surface area contributed by atoms with Crippen molar-refractivity contribution in [2.45, 2.75) is 19.5 Å². The van der Waals surface area contributed by atoms with Gasteiger partial charge in [0.05, 0.1) is 24.4 Å². The van der Waals surface area contributed by atoms with Crippen molar-refractivity contribution < 1.29 is 13.9 Å². The van der Waals surface area contributed by atoms with Crippen LogP contribution in [0.4, 0.5) is 10.1 Å². The Labute approximate surface area is 146 Å². The van der Waals surface area contributed by atoms with E-state index in [0.29, 0.717) is 17.8 Å². The number of hydrogen-bond donors (Lipinski definition) is 1. The van der Waals surface area contributed by atoms with Crippen LogP contribution in [0.5, 0.6) is 5.75 Å². The molecule has 0 fully saturated rings. The first kappa shape index (κ1) is 18.4. The number of amides is 1. The van der Waals surface area contributed by atoms with Crippen molar-refractivity contribution in [1.29, 1.82) is 5.26 Å². The second-order valence-corrected chi connectivity index (χ2v) is 5.71. The van der Waals surface area contributed by atoms with Gasteiger partial charge >= 0.3 is 0 Å². The molecule has 6 heteroatoms. The topological polar surface area (TPSA) is 65.4 Å². The molecular formula is C19H20FN3O2. The van der Waals surface area contributed by atoms with Crippen molar-refractivity contribution in [3.8, 4) is 11.8 Å². The third-order valence-corrected chi connectivity index (χ3v) is 3.99. The number of nitrogens with zero attached hydrogens (tertiary/aromatic N) is 2. The lowest BCUT2D eigenvalue weighted by Gasteiger charge is -2.24. The van der Waals surface area contributed by atoms with Gasteiger partial charge in [0.15, 0.2) is 11.6 Å². The molecule has 0 bridgehead atoms. The van der Waals surface area contributed by atoms with Gasteiger partial charge in [0.1, 0.15) is 6.07 Å². The molecule has 0 aromatic heterocycles. The fraction of sp³-hybridized carbons (Fsp3) is 0.263. The van der Waals surface area contributed by atoms with Crippen LogP contribution in [0.25, 0.3) is 0 Å². The number of anilines is 1. The lowest BCUT2D eigenvalue weighted by Crippen LogP contribution is -2.39. The first-order chi connectivity index (χ1) is 12.0. The van der Waals surface area contributed by atoms with E-state index in [9.17, 15) is 9.18 Å². The number of likely N-dealkylation sites (N-methyl/N-ethyl adjacent to an activating group) is 1. The Morgan fingerprint density at radius 2 is 2.08 bits per heavy atom. The Kier molecular flexibility index (Phi) is 6.09. The molecule has 2 aromatic rings. The quantitative estimate of drug-likeness (QED) is 0.876. The highest BCUT2D eigenvalue weighted by Crippen LogP contribution is 2.19. The van der Waals surface area contributed by atoms with Crippen LogP contribution in [0.3, 0.4) is 0 Å². The number of nitrogens with one attached hydrogen (secondary N) is 1. The number of rotatable bonds is 6. The summed E-state index contributed by atoms with van der Waals surface area (Å²) in [6.07, 6.45) is 0. The normalized spacial score (nSPS) is 11.7. The average molecular weight is 341 g/mol. The van der Waals surface area contributed by atoms with E-state index in [-0.39, 0.29) is 11.7 Å². The zero-order valence-corrected chi connectivity index (χ0v) is 14.4. The summed E-state index contributed by atoms with van der Waals surface area (Å²) in [6, 6.07) is 13.1. The largest absolute Gasteiger partial charge is 0.494 e. The summed E-state index contributed by atoms with van der Waals surface area (Å²) in [4.78, 5) is 14.2. The minimum Gasteiger partial charge on any atom is -0.494 e. The number of nitriles is 1. The van der Waals surface area contributed by atoms with Gasteiger partial charge in [-0.3, -0.25) is 9.69 Å². The third kappa shape index (κ3) is 4.55. The number of halogens is 1. The van der Waals surface area contributed by atoms with E-state index in [1.807, 2.05) is 6.07 Å². The molecule has 1 atom stereocenters. The van der Waals surface area contributed by atoms with Gasteiger partial charge in [-0.05, 0) is 43.8 Å². The van der Waals surface area contributed by atoms with E-state index >= 15 is 0 Å². The molecule has 2 rings (SSSR count). The first-order valence-corrected chi connectivity index (χ1v) is 7.79. The number of methoxy groups -OCH3 is 1. The number of ether oxygens (including phenoxy) is 1. The average Bonchev–Trinajstić information content (AvgIpc) is 2.61. The molecule has 0 heterocycles. The summed E-state index contributed by atoms with van der Waals surface area (Å²) >= 11 is 0. The molecule has 0 saturated carbocycles. The molecule has 2 aromatic carbocycles. The van der Waals surface area contributed by atoms with E-state index in [1.165, 1.54) is 13.2 Å². The second-order valence-electron chi connectivity index (χ2n) is 5.71. The summed E-state index contributed by atoms with van der Waals surface area (Å²) in [5.74, 6) is -0.488. The van der Waals surface area contributed by atoms with E-state index < -0.39 is 11.9 Å². The Morgan fingerprint density at radius 1 is 1.36 bits per heavy atom. The smallest absolute Gasteiger partial charge is 0.241 e. The van der Waals surface area contributed by atoms with Crippen molar-refractivity contribution >= 4 is 11.6 Å². The van der Waals surface area contributed by atoms with Gasteiger partial charge in [0, 0.05) is 6.54 Å². The Balaban J connectivity index is 2.04. The maximum Gasteiger partial charge on any atom is 0.241 e. The van der Waals surface area contributed by atoms with Gasteiger partial charge < -0.3 is 10.1 Å². The number of carbonyl (C=O) groups excluding carboxylic acids is 1. The zero-order chi connectivity index (χ0) is 18.4. The maximum absolute atomic E-state index is 13.8. The molecular weight excluding hydrogens is 321 g/mol. The van der Waals surface area contributed by atoms with E-state index in [4.69, 9.17) is 10.00 Å². The van der Waals surface area contributed by atoms with Crippen molar-refractivity contribution in [1.82, 2.24) is 4.90 Å². The van der Waals surface area contributed by atoms with Crippen LogP contribution in [0, 0.1) is 17.1 Å². The van der Waals surface area contributed by atoms with Crippen molar-refractivity contribution in [3.05, 3.63) is 59.4 Å². The predicted molar refractivity (Wildman–Crippen MR) is 93.7 cm³/mol. The summed E-state index contributed by atoms with van der Waals surface area (Å²) in [7, 11) is 3.19. The Bertz CT molecular complexity index is 801. The van der Waals surface area contributed by atoms with Crippen LogP contribution < -0.4 is 10.1 Å². The molecule has 0 aliphatic carbocycles. The van der Waals surface area contributed by atoms with Gasteiger partial charge in [0.2, 0.25) is 5.91 Å². The van der Waals surface area contributed by atoms with Gasteiger partial charge in [-0.2, -0.15) is 5.26 Å². The predicted octanol–water partition coefficient (Wildman–Crippen LogP) is 3.16. The molecule has 0 unspecified atom stereocenters. The first-order valence-electron chi connectivity index (χ1n) is 7.79. The maximum atomic E-state index is 13.8. The Morgan fingerprint density at radius 3 is 2.72 bits per heavy atom. The summed E-state index contributed by atoms with van der Waals surface area (Å²) in [5.41, 5.74) is 1.62. The molecule has 1 N–H and O–H groups in total. The minimum atomic E-state index is -0.461. The minimum absolute atomic E-state index is 0.185. The number of hydrogen-bond acceptors (Lipinski definition) is 4. The number of carbonyl (C=O) groups is 1. The number of para-hydroxylation sites is 1. The molecule has 0 aliphatic rings. The van der Waals surface area contributed by atoms with Crippen LogP contribution in [-0.4, -0.2) is 31.0 Å². The van der Waals surface area contributed by atoms with Gasteiger partial charge in [-0.15, -0.1) is 0 Å². The van der Waals surface area contributed by atoms with E-state index in [2.05, 4.69) is 5.32 Å². The Hall–Kier alpha value is -2.91. The molecule has 0 aliphatic heterocycles. The van der Waals surface area contributed by atoms with Crippen LogP contribution in [0.2, 0.25) is 0 Å². The fourth-order valence-electron chi connectivity index (χ4n) is 2.36. The van der Waals surface area contributed by atoms with Crippen LogP contribution >= 0.6 is 0 Å². The van der Waals surface area contributed by atoms with Gasteiger partial charge in [-0.1, -0.05) is 18.2 Å². The molecule has 25 heavy (non-hydrogen) atoms. The molecule has 0 radical (unpaired) electrons. The highest BCUT2D eigenvalue weighted by molar-refractivity contribution is 5.95. The fourth-order valence-corrected chi connectivity index (χ4v) is 2.36. The van der Waals surface area contributed by atoms with E-state index in [0.717, 1.165) is 5.56 Å². The van der Waals surface area contributed by atoms with E-state index in [1.54, 1.807) is 55.3 Å². The third-order valence-electron chi connectivity index (χ3n) is 3.99. The lowest BCUT2D eigenvalue weighted by molar-refractivity contribution is -0.120. The monoisotopic (exact) mass is 341 g/mol. The highest BCUT2D eigenvalue weighted by Gasteiger charge is 2.19. The summed E-state index contributed by atoms with van der Waals surface area (Å²) in [6.45, 7) is 2.15. The molecule has 1 amide bonds. The number of benzene rings is 2.